The Balaban J connectivity index is 2.57. The van der Waals surface area contributed by atoms with Gasteiger partial charge in [-0.2, -0.15) is 0 Å². The molecule has 88 valence electrons. The van der Waals surface area contributed by atoms with Crippen molar-refractivity contribution in [2.75, 3.05) is 7.11 Å². The van der Waals surface area contributed by atoms with Crippen molar-refractivity contribution in [1.29, 1.82) is 0 Å². The smallest absolute Gasteiger partial charge is 0.145 e. The average Bonchev–Trinajstić information content (AvgIpc) is 2.35. The lowest BCUT2D eigenvalue weighted by atomic mass is 10.2. The van der Waals surface area contributed by atoms with Gasteiger partial charge in [0.15, 0.2) is 0 Å². The first-order valence-corrected chi connectivity index (χ1v) is 5.61. The lowest BCUT2D eigenvalue weighted by Gasteiger charge is -2.07. The molecule has 0 saturated carbocycles. The first-order chi connectivity index (χ1) is 7.81. The molecule has 0 saturated heterocycles. The summed E-state index contributed by atoms with van der Waals surface area (Å²) in [6.07, 6.45) is 1.87. The van der Waals surface area contributed by atoms with Crippen LogP contribution >= 0.6 is 0 Å². The van der Waals surface area contributed by atoms with Crippen LogP contribution in [0.1, 0.15) is 32.3 Å². The van der Waals surface area contributed by atoms with E-state index in [4.69, 9.17) is 9.57 Å². The summed E-state index contributed by atoms with van der Waals surface area (Å²) in [6, 6.07) is 7.80. The number of rotatable bonds is 6. The maximum Gasteiger partial charge on any atom is 0.145 e. The van der Waals surface area contributed by atoms with Gasteiger partial charge in [-0.1, -0.05) is 37.2 Å². The van der Waals surface area contributed by atoms with Gasteiger partial charge in [-0.15, -0.1) is 0 Å². The molecule has 0 aliphatic heterocycles. The van der Waals surface area contributed by atoms with Crippen LogP contribution in [0.25, 0.3) is 0 Å². The molecule has 0 radical (unpaired) electrons. The fourth-order valence-electron chi connectivity index (χ4n) is 1.39. The number of oxime groups is 1. The van der Waals surface area contributed by atoms with Gasteiger partial charge in [0.1, 0.15) is 12.4 Å². The molecule has 0 aliphatic carbocycles. The highest BCUT2D eigenvalue weighted by Crippen LogP contribution is 2.18. The highest BCUT2D eigenvalue weighted by atomic mass is 16.6. The van der Waals surface area contributed by atoms with Crippen LogP contribution in [0, 0.1) is 0 Å². The Labute approximate surface area is 97.1 Å². The number of nitrogens with zero attached hydrogens (tertiary/aromatic N) is 1. The zero-order valence-corrected chi connectivity index (χ0v) is 10.2. The molecule has 0 aliphatic rings. The topological polar surface area (TPSA) is 30.8 Å². The first-order valence-electron chi connectivity index (χ1n) is 5.61. The molecule has 0 bridgehead atoms. The van der Waals surface area contributed by atoms with Gasteiger partial charge in [-0.25, -0.2) is 0 Å². The normalized spacial score (nSPS) is 9.69. The Morgan fingerprint density at radius 1 is 1.19 bits per heavy atom. The molecule has 1 aromatic rings. The standard InChI is InChI=1S/C13H19NO2/c1-4-12(5-2)14-16-10-11-8-6-7-9-13(11)15-3/h6-9H,4-5,10H2,1-3H3. The molecule has 3 nitrogen and oxygen atoms in total. The lowest BCUT2D eigenvalue weighted by Crippen LogP contribution is -1.97. The average molecular weight is 221 g/mol. The number of hydrogen-bond donors (Lipinski definition) is 0. The molecule has 0 spiro atoms. The third kappa shape index (κ3) is 3.57. The highest BCUT2D eigenvalue weighted by molar-refractivity contribution is 5.83. The monoisotopic (exact) mass is 221 g/mol. The van der Waals surface area contributed by atoms with Gasteiger partial charge in [0, 0.05) is 5.56 Å². The van der Waals surface area contributed by atoms with Crippen molar-refractivity contribution in [2.24, 2.45) is 5.16 Å². The van der Waals surface area contributed by atoms with E-state index in [0.717, 1.165) is 29.9 Å². The van der Waals surface area contributed by atoms with Crippen molar-refractivity contribution < 1.29 is 9.57 Å². The first kappa shape index (κ1) is 12.6. The molecule has 0 amide bonds. The van der Waals surface area contributed by atoms with Gasteiger partial charge >= 0.3 is 0 Å². The molecule has 0 fully saturated rings. The van der Waals surface area contributed by atoms with Gasteiger partial charge < -0.3 is 9.57 Å². The van der Waals surface area contributed by atoms with E-state index in [1.165, 1.54) is 0 Å². The Bertz CT molecular complexity index is 342. The number of ether oxygens (including phenoxy) is 1. The van der Waals surface area contributed by atoms with E-state index >= 15 is 0 Å². The van der Waals surface area contributed by atoms with Gasteiger partial charge in [-0.3, -0.25) is 0 Å². The van der Waals surface area contributed by atoms with Crippen molar-refractivity contribution in [3.63, 3.8) is 0 Å². The fourth-order valence-corrected chi connectivity index (χ4v) is 1.39. The minimum Gasteiger partial charge on any atom is -0.496 e. The SMILES string of the molecule is CCC(CC)=NOCc1ccccc1OC. The summed E-state index contributed by atoms with van der Waals surface area (Å²) in [6.45, 7) is 4.61. The highest BCUT2D eigenvalue weighted by Gasteiger charge is 2.01. The van der Waals surface area contributed by atoms with E-state index in [0.29, 0.717) is 6.61 Å². The largest absolute Gasteiger partial charge is 0.496 e. The summed E-state index contributed by atoms with van der Waals surface area (Å²) in [5.41, 5.74) is 2.09. The van der Waals surface area contributed by atoms with Crippen molar-refractivity contribution in [1.82, 2.24) is 0 Å². The van der Waals surface area contributed by atoms with Crippen molar-refractivity contribution in [3.8, 4) is 5.75 Å². The molecule has 0 atom stereocenters. The van der Waals surface area contributed by atoms with Crippen LogP contribution in [-0.4, -0.2) is 12.8 Å². The Hall–Kier alpha value is -1.51. The van der Waals surface area contributed by atoms with E-state index in [-0.39, 0.29) is 0 Å². The van der Waals surface area contributed by atoms with Crippen LogP contribution in [0.15, 0.2) is 29.4 Å². The molecule has 1 aromatic carbocycles. The number of benzene rings is 1. The van der Waals surface area contributed by atoms with Crippen LogP contribution < -0.4 is 4.74 Å². The minimum absolute atomic E-state index is 0.452. The maximum atomic E-state index is 5.31. The molecule has 0 aromatic heterocycles. The number of hydrogen-bond acceptors (Lipinski definition) is 3. The molecule has 1 rings (SSSR count). The summed E-state index contributed by atoms with van der Waals surface area (Å²) >= 11 is 0. The van der Waals surface area contributed by atoms with E-state index in [1.807, 2.05) is 24.3 Å². The Morgan fingerprint density at radius 2 is 1.88 bits per heavy atom. The van der Waals surface area contributed by atoms with Crippen molar-refractivity contribution in [3.05, 3.63) is 29.8 Å². The lowest BCUT2D eigenvalue weighted by molar-refractivity contribution is 0.127. The predicted molar refractivity (Wildman–Crippen MR) is 65.8 cm³/mol. The van der Waals surface area contributed by atoms with Gasteiger partial charge in [0.05, 0.1) is 12.8 Å². The van der Waals surface area contributed by atoms with Crippen molar-refractivity contribution >= 4 is 5.71 Å². The Kier molecular flexibility index (Phi) is 5.40. The predicted octanol–water partition coefficient (Wildman–Crippen LogP) is 3.39. The zero-order valence-electron chi connectivity index (χ0n) is 10.2. The van der Waals surface area contributed by atoms with E-state index in [9.17, 15) is 0 Å². The van der Waals surface area contributed by atoms with Crippen LogP contribution in [0.5, 0.6) is 5.75 Å². The van der Waals surface area contributed by atoms with Crippen LogP contribution in [0.4, 0.5) is 0 Å². The van der Waals surface area contributed by atoms with Crippen LogP contribution in [0.3, 0.4) is 0 Å². The second-order valence-electron chi connectivity index (χ2n) is 3.45. The second kappa shape index (κ2) is 6.88. The zero-order chi connectivity index (χ0) is 11.8. The third-order valence-corrected chi connectivity index (χ3v) is 2.42. The van der Waals surface area contributed by atoms with E-state index in [1.54, 1.807) is 7.11 Å². The van der Waals surface area contributed by atoms with Crippen molar-refractivity contribution in [2.45, 2.75) is 33.3 Å². The summed E-state index contributed by atoms with van der Waals surface area (Å²) in [4.78, 5) is 5.31. The van der Waals surface area contributed by atoms with Gasteiger partial charge in [-0.05, 0) is 18.9 Å². The summed E-state index contributed by atoms with van der Waals surface area (Å²) in [7, 11) is 1.66. The minimum atomic E-state index is 0.452. The van der Waals surface area contributed by atoms with Crippen LogP contribution in [0.2, 0.25) is 0 Å². The van der Waals surface area contributed by atoms with E-state index in [2.05, 4.69) is 19.0 Å². The quantitative estimate of drug-likeness (QED) is 0.544. The van der Waals surface area contributed by atoms with Gasteiger partial charge in [0.2, 0.25) is 0 Å². The second-order valence-corrected chi connectivity index (χ2v) is 3.45. The summed E-state index contributed by atoms with van der Waals surface area (Å²) in [5.74, 6) is 0.840. The molecule has 16 heavy (non-hydrogen) atoms. The Morgan fingerprint density at radius 3 is 2.50 bits per heavy atom. The van der Waals surface area contributed by atoms with Gasteiger partial charge in [0.25, 0.3) is 0 Å². The summed E-state index contributed by atoms with van der Waals surface area (Å²) in [5, 5.41) is 4.09. The molecule has 3 heteroatoms. The van der Waals surface area contributed by atoms with E-state index < -0.39 is 0 Å². The van der Waals surface area contributed by atoms with Crippen LogP contribution in [-0.2, 0) is 11.4 Å². The molecular formula is C13H19NO2. The summed E-state index contributed by atoms with van der Waals surface area (Å²) < 4.78 is 5.23. The molecule has 0 heterocycles. The molecular weight excluding hydrogens is 202 g/mol. The fraction of sp³-hybridized carbons (Fsp3) is 0.462. The third-order valence-electron chi connectivity index (χ3n) is 2.42. The molecule has 0 unspecified atom stereocenters. The molecule has 0 N–H and O–H groups in total. The number of para-hydroxylation sites is 1. The maximum absolute atomic E-state index is 5.31. The number of methoxy groups -OCH3 is 1.